The highest BCUT2D eigenvalue weighted by atomic mass is 35.5. The molecule has 1 aromatic heterocycles. The zero-order valence-electron chi connectivity index (χ0n) is 13.2. The van der Waals surface area contributed by atoms with Crippen molar-refractivity contribution in [3.8, 4) is 0 Å². The summed E-state index contributed by atoms with van der Waals surface area (Å²) in [5.74, 6) is 0.211. The Morgan fingerprint density at radius 1 is 1.25 bits per heavy atom. The summed E-state index contributed by atoms with van der Waals surface area (Å²) in [5.41, 5.74) is 0. The number of nitrogens with zero attached hydrogens (tertiary/aromatic N) is 1. The molecule has 8 heteroatoms. The summed E-state index contributed by atoms with van der Waals surface area (Å²) in [7, 11) is -3.76. The Hall–Kier alpha value is -1.83. The van der Waals surface area contributed by atoms with E-state index in [0.717, 1.165) is 4.31 Å². The van der Waals surface area contributed by atoms with Crippen LogP contribution in [-0.2, 0) is 21.4 Å². The van der Waals surface area contributed by atoms with E-state index in [0.29, 0.717) is 17.2 Å². The fourth-order valence-corrected chi connectivity index (χ4v) is 3.72. The number of hydrogen-bond acceptors (Lipinski definition) is 4. The number of hydrogen-bond donors (Lipinski definition) is 1. The third-order valence-corrected chi connectivity index (χ3v) is 5.40. The lowest BCUT2D eigenvalue weighted by atomic mass is 10.4. The van der Waals surface area contributed by atoms with Crippen LogP contribution in [0, 0.1) is 0 Å². The third kappa shape index (κ3) is 4.83. The van der Waals surface area contributed by atoms with E-state index >= 15 is 0 Å². The van der Waals surface area contributed by atoms with Gasteiger partial charge in [0.25, 0.3) is 0 Å². The molecule has 0 saturated heterocycles. The van der Waals surface area contributed by atoms with Crippen molar-refractivity contribution < 1.29 is 17.6 Å². The molecule has 0 radical (unpaired) electrons. The minimum atomic E-state index is -3.76. The molecule has 0 aliphatic carbocycles. The van der Waals surface area contributed by atoms with Crippen LogP contribution in [0.5, 0.6) is 0 Å². The highest BCUT2D eigenvalue weighted by molar-refractivity contribution is 7.89. The molecule has 0 aliphatic rings. The molecule has 1 N–H and O–H groups in total. The van der Waals surface area contributed by atoms with Crippen molar-refractivity contribution in [1.82, 2.24) is 9.62 Å². The third-order valence-electron chi connectivity index (χ3n) is 3.28. The van der Waals surface area contributed by atoms with Gasteiger partial charge in [0.05, 0.1) is 24.2 Å². The van der Waals surface area contributed by atoms with Crippen LogP contribution in [0.15, 0.2) is 52.0 Å². The molecule has 0 atom stereocenters. The molecule has 0 unspecified atom stereocenters. The van der Waals surface area contributed by atoms with Crippen LogP contribution in [-0.4, -0.2) is 31.7 Å². The van der Waals surface area contributed by atoms with Gasteiger partial charge in [-0.05, 0) is 42.8 Å². The van der Waals surface area contributed by atoms with Gasteiger partial charge in [0.1, 0.15) is 5.76 Å². The first-order valence-corrected chi connectivity index (χ1v) is 9.30. The quantitative estimate of drug-likeness (QED) is 0.774. The molecule has 1 amide bonds. The van der Waals surface area contributed by atoms with Gasteiger partial charge in [-0.2, -0.15) is 4.31 Å². The molecule has 0 aliphatic heterocycles. The molecule has 24 heavy (non-hydrogen) atoms. The van der Waals surface area contributed by atoms with Crippen molar-refractivity contribution in [3.05, 3.63) is 53.4 Å². The average Bonchev–Trinajstić information content (AvgIpc) is 3.06. The Bertz CT molecular complexity index is 758. The monoisotopic (exact) mass is 370 g/mol. The lowest BCUT2D eigenvalue weighted by Gasteiger charge is -2.21. The maximum atomic E-state index is 12.7. The van der Waals surface area contributed by atoms with Gasteiger partial charge in [0.2, 0.25) is 15.9 Å². The number of rotatable bonds is 8. The first-order chi connectivity index (χ1) is 11.4. The number of halogens is 1. The minimum Gasteiger partial charge on any atom is -0.467 e. The number of carbonyl (C=O) groups excluding carboxylic acids is 1. The summed E-state index contributed by atoms with van der Waals surface area (Å²) in [5, 5.41) is 3.10. The summed E-state index contributed by atoms with van der Waals surface area (Å²) >= 11 is 5.80. The topological polar surface area (TPSA) is 79.6 Å². The van der Waals surface area contributed by atoms with Gasteiger partial charge >= 0.3 is 0 Å². The smallest absolute Gasteiger partial charge is 0.243 e. The van der Waals surface area contributed by atoms with E-state index in [-0.39, 0.29) is 24.5 Å². The second-order valence-corrected chi connectivity index (χ2v) is 7.52. The van der Waals surface area contributed by atoms with Gasteiger partial charge in [0.15, 0.2) is 0 Å². The fraction of sp³-hybridized carbons (Fsp3) is 0.312. The van der Waals surface area contributed by atoms with Gasteiger partial charge in [-0.15, -0.1) is 0 Å². The summed E-state index contributed by atoms with van der Waals surface area (Å²) in [4.78, 5) is 12.2. The number of furan rings is 1. The normalized spacial score (nSPS) is 11.6. The fourth-order valence-electron chi connectivity index (χ4n) is 2.10. The second kappa shape index (κ2) is 8.32. The summed E-state index contributed by atoms with van der Waals surface area (Å²) in [6.45, 7) is 2.07. The first kappa shape index (κ1) is 18.5. The Morgan fingerprint density at radius 3 is 2.54 bits per heavy atom. The first-order valence-electron chi connectivity index (χ1n) is 7.48. The second-order valence-electron chi connectivity index (χ2n) is 5.15. The number of nitrogens with one attached hydrogen (secondary N) is 1. The lowest BCUT2D eigenvalue weighted by Crippen LogP contribution is -2.40. The van der Waals surface area contributed by atoms with Crippen LogP contribution in [0.2, 0.25) is 5.02 Å². The Kier molecular flexibility index (Phi) is 6.42. The van der Waals surface area contributed by atoms with Crippen molar-refractivity contribution >= 4 is 27.5 Å². The Labute approximate surface area is 146 Å². The molecule has 130 valence electrons. The highest BCUT2D eigenvalue weighted by Gasteiger charge is 2.25. The van der Waals surface area contributed by atoms with Gasteiger partial charge in [-0.25, -0.2) is 8.42 Å². The van der Waals surface area contributed by atoms with E-state index < -0.39 is 15.9 Å². The molecule has 6 nitrogen and oxygen atoms in total. The average molecular weight is 371 g/mol. The standard InChI is InChI=1S/C16H19ClN2O4S/c1-2-9-19(12-16(20)18-11-14-4-3-10-23-14)24(21,22)15-7-5-13(17)6-8-15/h3-8,10H,2,9,11-12H2,1H3,(H,18,20). The van der Waals surface area contributed by atoms with Crippen LogP contribution < -0.4 is 5.32 Å². The summed E-state index contributed by atoms with van der Waals surface area (Å²) < 4.78 is 31.7. The molecule has 0 spiro atoms. The van der Waals surface area contributed by atoms with Crippen molar-refractivity contribution in [2.45, 2.75) is 24.8 Å². The van der Waals surface area contributed by atoms with E-state index in [4.69, 9.17) is 16.0 Å². The van der Waals surface area contributed by atoms with Crippen molar-refractivity contribution in [3.63, 3.8) is 0 Å². The minimum absolute atomic E-state index is 0.110. The molecule has 0 bridgehead atoms. The molecule has 1 heterocycles. The van der Waals surface area contributed by atoms with Crippen LogP contribution in [0.4, 0.5) is 0 Å². The Morgan fingerprint density at radius 2 is 1.96 bits per heavy atom. The zero-order chi connectivity index (χ0) is 17.6. The van der Waals surface area contributed by atoms with Gasteiger partial charge < -0.3 is 9.73 Å². The van der Waals surface area contributed by atoms with E-state index in [2.05, 4.69) is 5.32 Å². The van der Waals surface area contributed by atoms with Gasteiger partial charge in [0, 0.05) is 11.6 Å². The predicted octanol–water partition coefficient (Wildman–Crippen LogP) is 2.65. The number of benzene rings is 1. The van der Waals surface area contributed by atoms with Crippen molar-refractivity contribution in [2.75, 3.05) is 13.1 Å². The number of sulfonamides is 1. The SMILES string of the molecule is CCCN(CC(=O)NCc1ccco1)S(=O)(=O)c1ccc(Cl)cc1. The van der Waals surface area contributed by atoms with Crippen LogP contribution in [0.25, 0.3) is 0 Å². The largest absolute Gasteiger partial charge is 0.467 e. The summed E-state index contributed by atoms with van der Waals surface area (Å²) in [6, 6.07) is 9.33. The lowest BCUT2D eigenvalue weighted by molar-refractivity contribution is -0.121. The van der Waals surface area contributed by atoms with Crippen LogP contribution >= 0.6 is 11.6 Å². The maximum Gasteiger partial charge on any atom is 0.243 e. The highest BCUT2D eigenvalue weighted by Crippen LogP contribution is 2.18. The van der Waals surface area contributed by atoms with E-state index in [1.54, 1.807) is 12.1 Å². The van der Waals surface area contributed by atoms with E-state index in [1.165, 1.54) is 30.5 Å². The van der Waals surface area contributed by atoms with Gasteiger partial charge in [-0.1, -0.05) is 18.5 Å². The van der Waals surface area contributed by atoms with E-state index in [1.807, 2.05) is 6.92 Å². The zero-order valence-corrected chi connectivity index (χ0v) is 14.8. The molecule has 2 aromatic rings. The molecule has 2 rings (SSSR count). The summed E-state index contributed by atoms with van der Waals surface area (Å²) in [6.07, 6.45) is 2.11. The van der Waals surface area contributed by atoms with Gasteiger partial charge in [-0.3, -0.25) is 4.79 Å². The van der Waals surface area contributed by atoms with E-state index in [9.17, 15) is 13.2 Å². The molecule has 0 saturated carbocycles. The van der Waals surface area contributed by atoms with Crippen molar-refractivity contribution in [2.24, 2.45) is 0 Å². The maximum absolute atomic E-state index is 12.7. The molecule has 1 aromatic carbocycles. The number of amides is 1. The molecule has 0 fully saturated rings. The number of carbonyl (C=O) groups is 1. The van der Waals surface area contributed by atoms with Crippen LogP contribution in [0.3, 0.4) is 0 Å². The predicted molar refractivity (Wildman–Crippen MR) is 91.1 cm³/mol. The molecular formula is C16H19ClN2O4S. The van der Waals surface area contributed by atoms with Crippen molar-refractivity contribution in [1.29, 1.82) is 0 Å². The molecular weight excluding hydrogens is 352 g/mol. The Balaban J connectivity index is 2.07. The van der Waals surface area contributed by atoms with Crippen LogP contribution in [0.1, 0.15) is 19.1 Å².